The molecule has 0 bridgehead atoms. The molecule has 0 saturated carbocycles. The number of imidazole rings is 1. The molecule has 0 atom stereocenters. The number of hydrogen-bond donors (Lipinski definition) is 0. The summed E-state index contributed by atoms with van der Waals surface area (Å²) in [6.07, 6.45) is 3.18. The second kappa shape index (κ2) is 12.3. The summed E-state index contributed by atoms with van der Waals surface area (Å²) in [4.78, 5) is 13.4. The molecule has 4 aromatic heterocycles. The van der Waals surface area contributed by atoms with E-state index < -0.39 is 8.07 Å². The molecule has 5 nitrogen and oxygen atoms in total. The minimum atomic E-state index is -1.23. The summed E-state index contributed by atoms with van der Waals surface area (Å²) in [5, 5.41) is 2.86. The van der Waals surface area contributed by atoms with Crippen LogP contribution in [0.25, 0.3) is 55.7 Å². The molecule has 7 aromatic rings. The van der Waals surface area contributed by atoms with E-state index in [1.54, 1.807) is 0 Å². The van der Waals surface area contributed by atoms with Crippen LogP contribution in [0.15, 0.2) is 95.7 Å². The normalized spacial score (nSPS) is 11.5. The van der Waals surface area contributed by atoms with E-state index in [4.69, 9.17) is 9.40 Å². The minimum absolute atomic E-state index is 0. The topological polar surface area (TPSA) is 56.7 Å². The predicted octanol–water partition coefficient (Wildman–Crippen LogP) is 8.61. The van der Waals surface area contributed by atoms with Gasteiger partial charge in [-0.15, -0.1) is 54.1 Å². The van der Waals surface area contributed by atoms with Gasteiger partial charge in [0.05, 0.1) is 36.7 Å². The standard InChI is InChI=1S/C21H15FN3O.C14H16NSi.Ir/c1-12(2)25-18-9-4-3-8-17(18)24-20(25)15-7-5-6-14-16-10-13(22)11-23-21(16)26-19(14)15;1-16(2,3)13-9-10-14(15-11-13)12-7-5-4-6-8-12;/h3-6,8-12H,1-2H3;4-7,9-11H,1-3H3;/q2*-1;. The van der Waals surface area contributed by atoms with Crippen LogP contribution in [0.4, 0.5) is 4.39 Å². The summed E-state index contributed by atoms with van der Waals surface area (Å²) in [6.45, 7) is 11.2. The van der Waals surface area contributed by atoms with Crippen LogP contribution in [0.5, 0.6) is 0 Å². The number of furan rings is 1. The number of halogens is 1. The van der Waals surface area contributed by atoms with Crippen LogP contribution >= 0.6 is 0 Å². The molecule has 4 heterocycles. The average Bonchev–Trinajstić information content (AvgIpc) is 3.56. The summed E-state index contributed by atoms with van der Waals surface area (Å²) < 4.78 is 21.8. The first-order chi connectivity index (χ1) is 20.2. The van der Waals surface area contributed by atoms with Gasteiger partial charge in [-0.3, -0.25) is 4.98 Å². The van der Waals surface area contributed by atoms with E-state index in [0.29, 0.717) is 16.7 Å². The molecule has 0 aliphatic rings. The van der Waals surface area contributed by atoms with Gasteiger partial charge in [-0.25, -0.2) is 9.37 Å². The molecular formula is C35H31FIrN4OSi-2. The summed E-state index contributed by atoms with van der Waals surface area (Å²) in [5.41, 5.74) is 5.83. The van der Waals surface area contributed by atoms with Crippen molar-refractivity contribution >= 4 is 46.4 Å². The maximum atomic E-state index is 13.6. The van der Waals surface area contributed by atoms with Crippen LogP contribution in [-0.2, 0) is 20.1 Å². The van der Waals surface area contributed by atoms with Crippen molar-refractivity contribution in [2.45, 2.75) is 39.5 Å². The molecule has 0 saturated heterocycles. The van der Waals surface area contributed by atoms with Crippen LogP contribution in [0, 0.1) is 17.9 Å². The van der Waals surface area contributed by atoms with E-state index >= 15 is 0 Å². The summed E-state index contributed by atoms with van der Waals surface area (Å²) in [5.74, 6) is 0.398. The molecule has 7 rings (SSSR count). The molecule has 43 heavy (non-hydrogen) atoms. The first kappa shape index (κ1) is 30.5. The largest absolute Gasteiger partial charge is 0.486 e. The average molecular weight is 763 g/mol. The van der Waals surface area contributed by atoms with Crippen LogP contribution in [0.2, 0.25) is 19.6 Å². The van der Waals surface area contributed by atoms with E-state index in [1.807, 2.05) is 60.8 Å². The van der Waals surface area contributed by atoms with Gasteiger partial charge in [-0.05, 0) is 42.9 Å². The maximum Gasteiger partial charge on any atom is 0.216 e. The minimum Gasteiger partial charge on any atom is -0.486 e. The Hall–Kier alpha value is -3.97. The molecular weight excluding hydrogens is 732 g/mol. The number of hydrogen-bond acceptors (Lipinski definition) is 4. The number of benzene rings is 3. The number of para-hydroxylation sites is 2. The molecule has 0 N–H and O–H groups in total. The Morgan fingerprint density at radius 2 is 1.65 bits per heavy atom. The van der Waals surface area contributed by atoms with Gasteiger partial charge in [0.2, 0.25) is 5.71 Å². The second-order valence-corrected chi connectivity index (χ2v) is 16.6. The monoisotopic (exact) mass is 763 g/mol. The molecule has 219 valence electrons. The fourth-order valence-electron chi connectivity index (χ4n) is 5.06. The first-order valence-electron chi connectivity index (χ1n) is 14.0. The van der Waals surface area contributed by atoms with Gasteiger partial charge in [0.1, 0.15) is 5.82 Å². The molecule has 0 spiro atoms. The van der Waals surface area contributed by atoms with Crippen molar-refractivity contribution in [3.63, 3.8) is 0 Å². The predicted molar refractivity (Wildman–Crippen MR) is 171 cm³/mol. The fourth-order valence-corrected chi connectivity index (χ4v) is 6.09. The quantitative estimate of drug-likeness (QED) is 0.133. The zero-order valence-electron chi connectivity index (χ0n) is 24.6. The van der Waals surface area contributed by atoms with E-state index in [2.05, 4.69) is 78.4 Å². The first-order valence-corrected chi connectivity index (χ1v) is 17.5. The third-order valence-electron chi connectivity index (χ3n) is 7.21. The Morgan fingerprint density at radius 3 is 2.35 bits per heavy atom. The smallest absolute Gasteiger partial charge is 0.216 e. The molecule has 0 unspecified atom stereocenters. The van der Waals surface area contributed by atoms with E-state index in [-0.39, 0.29) is 32.0 Å². The Bertz CT molecular complexity index is 2010. The van der Waals surface area contributed by atoms with Crippen molar-refractivity contribution in [2.24, 2.45) is 0 Å². The number of fused-ring (bicyclic) bond motifs is 4. The van der Waals surface area contributed by atoms with Gasteiger partial charge in [0.25, 0.3) is 0 Å². The Kier molecular flexibility index (Phi) is 8.74. The van der Waals surface area contributed by atoms with E-state index in [9.17, 15) is 4.39 Å². The zero-order chi connectivity index (χ0) is 29.4. The van der Waals surface area contributed by atoms with Gasteiger partial charge in [0.15, 0.2) is 0 Å². The Balaban J connectivity index is 0.000000188. The van der Waals surface area contributed by atoms with Gasteiger partial charge in [-0.2, -0.15) is 0 Å². The summed E-state index contributed by atoms with van der Waals surface area (Å²) in [6, 6.07) is 32.1. The van der Waals surface area contributed by atoms with Gasteiger partial charge in [-0.1, -0.05) is 54.9 Å². The number of aromatic nitrogens is 4. The number of pyridine rings is 2. The Labute approximate surface area is 265 Å². The SMILES string of the molecule is CC(C)n1c(-c2[c-]ccc3c2oc2ncc(F)cc23)nc2ccccc21.C[Si](C)(C)c1ccc(-c2[c-]cccc2)nc1.[Ir]. The third kappa shape index (κ3) is 6.09. The molecule has 3 aromatic carbocycles. The van der Waals surface area contributed by atoms with Crippen molar-refractivity contribution in [3.8, 4) is 22.6 Å². The number of nitrogens with zero attached hydrogens (tertiary/aromatic N) is 4. The third-order valence-corrected chi connectivity index (χ3v) is 9.23. The molecule has 0 aliphatic heterocycles. The van der Waals surface area contributed by atoms with E-state index in [1.165, 1.54) is 11.3 Å². The van der Waals surface area contributed by atoms with Crippen molar-refractivity contribution in [1.82, 2.24) is 19.5 Å². The van der Waals surface area contributed by atoms with E-state index in [0.717, 1.165) is 45.3 Å². The van der Waals surface area contributed by atoms with Crippen molar-refractivity contribution in [2.75, 3.05) is 0 Å². The molecule has 1 radical (unpaired) electrons. The molecule has 0 fully saturated rings. The Morgan fingerprint density at radius 1 is 0.860 bits per heavy atom. The molecule has 0 amide bonds. The van der Waals surface area contributed by atoms with Crippen molar-refractivity contribution in [1.29, 1.82) is 0 Å². The van der Waals surface area contributed by atoms with Gasteiger partial charge in [0, 0.05) is 37.7 Å². The van der Waals surface area contributed by atoms with Crippen LogP contribution < -0.4 is 5.19 Å². The second-order valence-electron chi connectivity index (χ2n) is 11.6. The maximum absolute atomic E-state index is 13.6. The van der Waals surface area contributed by atoms with Crippen molar-refractivity contribution in [3.05, 3.63) is 109 Å². The fraction of sp³-hybridized carbons (Fsp3) is 0.171. The molecule has 8 heteroatoms. The van der Waals surface area contributed by atoms with Gasteiger partial charge >= 0.3 is 0 Å². The van der Waals surface area contributed by atoms with Gasteiger partial charge < -0.3 is 14.0 Å². The zero-order valence-corrected chi connectivity index (χ0v) is 28.0. The van der Waals surface area contributed by atoms with Crippen molar-refractivity contribution < 1.29 is 28.9 Å². The van der Waals surface area contributed by atoms with Crippen LogP contribution in [-0.4, -0.2) is 27.6 Å². The molecule has 0 aliphatic carbocycles. The van der Waals surface area contributed by atoms with Crippen LogP contribution in [0.3, 0.4) is 0 Å². The summed E-state index contributed by atoms with van der Waals surface area (Å²) in [7, 11) is -1.23. The summed E-state index contributed by atoms with van der Waals surface area (Å²) >= 11 is 0. The van der Waals surface area contributed by atoms with Crippen LogP contribution in [0.1, 0.15) is 19.9 Å². The number of rotatable bonds is 4.